The zero-order valence-corrected chi connectivity index (χ0v) is 24.4. The third-order valence-corrected chi connectivity index (χ3v) is 8.41. The summed E-state index contributed by atoms with van der Waals surface area (Å²) in [5, 5.41) is 15.1. The van der Waals surface area contributed by atoms with E-state index in [0.29, 0.717) is 37.3 Å². The van der Waals surface area contributed by atoms with Crippen molar-refractivity contribution in [1.29, 1.82) is 0 Å². The van der Waals surface area contributed by atoms with Crippen molar-refractivity contribution in [2.24, 2.45) is 0 Å². The summed E-state index contributed by atoms with van der Waals surface area (Å²) >= 11 is 0. The summed E-state index contributed by atoms with van der Waals surface area (Å²) in [6.45, 7) is 5.03. The number of benzene rings is 2. The molecule has 1 fully saturated rings. The molecule has 1 saturated heterocycles. The third kappa shape index (κ3) is 6.38. The number of likely N-dealkylation sites (tertiary alicyclic amines) is 1. The molecule has 0 aromatic heterocycles. The smallest absolute Gasteiger partial charge is 0.335 e. The minimum atomic E-state index is -1.47. The van der Waals surface area contributed by atoms with E-state index in [4.69, 9.17) is 4.74 Å². The van der Waals surface area contributed by atoms with Gasteiger partial charge in [0.1, 0.15) is 6.04 Å². The fourth-order valence-corrected chi connectivity index (χ4v) is 5.97. The van der Waals surface area contributed by atoms with Crippen LogP contribution < -0.4 is 10.6 Å². The predicted octanol–water partition coefficient (Wildman–Crippen LogP) is 4.47. The van der Waals surface area contributed by atoms with Gasteiger partial charge in [0.2, 0.25) is 0 Å². The monoisotopic (exact) mass is 598 g/mol. The van der Waals surface area contributed by atoms with E-state index in [1.165, 1.54) is 7.11 Å². The second-order valence-corrected chi connectivity index (χ2v) is 10.8. The van der Waals surface area contributed by atoms with Crippen molar-refractivity contribution >= 4 is 24.0 Å². The van der Waals surface area contributed by atoms with Gasteiger partial charge >= 0.3 is 24.0 Å². The molecule has 2 aliphatic rings. The number of esters is 1. The summed E-state index contributed by atoms with van der Waals surface area (Å²) in [6, 6.07) is 9.11. The minimum absolute atomic E-state index is 0.00469. The summed E-state index contributed by atoms with van der Waals surface area (Å²) in [4.78, 5) is 54.3. The van der Waals surface area contributed by atoms with E-state index >= 15 is 0 Å². The molecule has 2 aromatic rings. The van der Waals surface area contributed by atoms with Crippen molar-refractivity contribution in [2.45, 2.75) is 57.0 Å². The molecule has 10 nitrogen and oxygen atoms in total. The summed E-state index contributed by atoms with van der Waals surface area (Å²) in [7, 11) is 1.39. The van der Waals surface area contributed by atoms with Gasteiger partial charge in [-0.25, -0.2) is 28.1 Å². The van der Waals surface area contributed by atoms with Crippen LogP contribution in [0, 0.1) is 11.6 Å². The van der Waals surface area contributed by atoms with E-state index in [0.717, 1.165) is 23.8 Å². The van der Waals surface area contributed by atoms with Gasteiger partial charge in [-0.3, -0.25) is 4.79 Å². The van der Waals surface area contributed by atoms with Crippen molar-refractivity contribution in [3.05, 3.63) is 82.6 Å². The fourth-order valence-electron chi connectivity index (χ4n) is 5.97. The first-order valence-electron chi connectivity index (χ1n) is 14.2. The van der Waals surface area contributed by atoms with Gasteiger partial charge in [-0.05, 0) is 69.0 Å². The third-order valence-electron chi connectivity index (χ3n) is 8.41. The number of halogens is 2. The van der Waals surface area contributed by atoms with E-state index in [-0.39, 0.29) is 41.8 Å². The van der Waals surface area contributed by atoms with Crippen molar-refractivity contribution < 1.29 is 37.8 Å². The zero-order valence-electron chi connectivity index (χ0n) is 24.4. The number of carbonyl (C=O) groups is 4. The van der Waals surface area contributed by atoms with Gasteiger partial charge in [0, 0.05) is 18.3 Å². The Bertz CT molecular complexity index is 1410. The quantitative estimate of drug-likeness (QED) is 0.363. The molecule has 0 radical (unpaired) electrons. The normalized spacial score (nSPS) is 19.4. The molecule has 230 valence electrons. The Hall–Kier alpha value is -4.32. The molecule has 2 aromatic carbocycles. The zero-order chi connectivity index (χ0) is 31.3. The average molecular weight is 599 g/mol. The Morgan fingerprint density at radius 2 is 1.79 bits per heavy atom. The number of carbonyl (C=O) groups excluding carboxylic acids is 3. The summed E-state index contributed by atoms with van der Waals surface area (Å²) in [6.07, 6.45) is 1.76. The second-order valence-electron chi connectivity index (χ2n) is 10.8. The largest absolute Gasteiger partial charge is 0.478 e. The minimum Gasteiger partial charge on any atom is -0.478 e. The number of piperidine rings is 1. The first kappa shape index (κ1) is 31.6. The average Bonchev–Trinajstić information content (AvgIpc) is 3.01. The molecule has 2 heterocycles. The highest BCUT2D eigenvalue weighted by atomic mass is 19.2. The van der Waals surface area contributed by atoms with Crippen LogP contribution in [0.2, 0.25) is 0 Å². The van der Waals surface area contributed by atoms with E-state index in [9.17, 15) is 33.1 Å². The molecule has 43 heavy (non-hydrogen) atoms. The summed E-state index contributed by atoms with van der Waals surface area (Å²) in [5.74, 6) is -4.04. The topological polar surface area (TPSA) is 128 Å². The molecule has 0 aliphatic carbocycles. The van der Waals surface area contributed by atoms with E-state index in [2.05, 4.69) is 15.5 Å². The Morgan fingerprint density at radius 3 is 2.37 bits per heavy atom. The number of amides is 4. The number of hydrogen-bond acceptors (Lipinski definition) is 6. The SMILES string of the molecule is CCC1=C(C(=O)O)C(c2ccc(F)c(F)c2)N(C(=O)NCC[C@H](C)N2CCC(C(=O)OC)(c3ccccc3)CC2)C(=O)N1. The maximum atomic E-state index is 14.2. The number of hydrogen-bond donors (Lipinski definition) is 3. The van der Waals surface area contributed by atoms with Crippen molar-refractivity contribution in [1.82, 2.24) is 20.4 Å². The molecule has 2 aliphatic heterocycles. The molecule has 0 spiro atoms. The number of imide groups is 1. The molecule has 4 rings (SSSR count). The highest BCUT2D eigenvalue weighted by molar-refractivity contribution is 6.01. The molecule has 12 heteroatoms. The van der Waals surface area contributed by atoms with Crippen LogP contribution in [-0.4, -0.2) is 71.7 Å². The number of urea groups is 2. The molecular weight excluding hydrogens is 562 g/mol. The lowest BCUT2D eigenvalue weighted by molar-refractivity contribution is -0.150. The lowest BCUT2D eigenvalue weighted by atomic mass is 9.72. The molecule has 4 amide bonds. The highest BCUT2D eigenvalue weighted by Crippen LogP contribution is 2.38. The number of carboxylic acids is 1. The molecule has 3 N–H and O–H groups in total. The second kappa shape index (κ2) is 13.3. The van der Waals surface area contributed by atoms with Crippen molar-refractivity contribution in [2.75, 3.05) is 26.7 Å². The number of nitrogens with one attached hydrogen (secondary N) is 2. The van der Waals surface area contributed by atoms with Gasteiger partial charge in [0.25, 0.3) is 0 Å². The molecule has 2 atom stereocenters. The van der Waals surface area contributed by atoms with Crippen LogP contribution in [0.5, 0.6) is 0 Å². The summed E-state index contributed by atoms with van der Waals surface area (Å²) < 4.78 is 33.0. The Balaban J connectivity index is 1.44. The van der Waals surface area contributed by atoms with Crippen molar-refractivity contribution in [3.8, 4) is 0 Å². The Morgan fingerprint density at radius 1 is 1.12 bits per heavy atom. The van der Waals surface area contributed by atoms with Gasteiger partial charge in [0.15, 0.2) is 11.6 Å². The highest BCUT2D eigenvalue weighted by Gasteiger charge is 2.45. The molecular formula is C31H36F2N4O6. The Kier molecular flexibility index (Phi) is 9.80. The number of aliphatic carboxylic acids is 1. The number of carboxylic acid groups (broad SMARTS) is 1. The summed E-state index contributed by atoms with van der Waals surface area (Å²) in [5.41, 5.74) is -0.103. The number of methoxy groups -OCH3 is 1. The molecule has 0 saturated carbocycles. The number of rotatable bonds is 9. The van der Waals surface area contributed by atoms with E-state index < -0.39 is 41.1 Å². The fraction of sp³-hybridized carbons (Fsp3) is 0.419. The number of allylic oxidation sites excluding steroid dienone is 1. The van der Waals surface area contributed by atoms with Crippen LogP contribution in [-0.2, 0) is 19.7 Å². The van der Waals surface area contributed by atoms with E-state index in [1.807, 2.05) is 37.3 Å². The maximum absolute atomic E-state index is 14.2. The lowest BCUT2D eigenvalue weighted by Crippen LogP contribution is -2.55. The van der Waals surface area contributed by atoms with Gasteiger partial charge in [-0.2, -0.15) is 0 Å². The van der Waals surface area contributed by atoms with Gasteiger partial charge in [-0.1, -0.05) is 43.3 Å². The number of nitrogens with zero attached hydrogens (tertiary/aromatic N) is 2. The molecule has 1 unspecified atom stereocenters. The van der Waals surface area contributed by atoms with Crippen LogP contribution in [0.15, 0.2) is 59.8 Å². The van der Waals surface area contributed by atoms with Gasteiger partial charge in [-0.15, -0.1) is 0 Å². The lowest BCUT2D eigenvalue weighted by Gasteiger charge is -2.42. The van der Waals surface area contributed by atoms with Crippen molar-refractivity contribution in [3.63, 3.8) is 0 Å². The van der Waals surface area contributed by atoms with Crippen LogP contribution in [0.25, 0.3) is 0 Å². The van der Waals surface area contributed by atoms with Gasteiger partial charge in [0.05, 0.1) is 18.1 Å². The standard InChI is InChI=1S/C31H36F2N4O6/c1-4-24-25(27(38)39)26(20-10-11-22(32)23(33)18-20)37(30(42)35-24)29(41)34-15-12-19(2)36-16-13-31(14-17-36,28(40)43-3)21-8-6-5-7-9-21/h5-11,18-19,26H,4,12-17H2,1-3H3,(H,34,41)(H,35,42)(H,38,39)/t19-,26?/m0/s1. The Labute approximate surface area is 248 Å². The van der Waals surface area contributed by atoms with Crippen LogP contribution in [0.3, 0.4) is 0 Å². The van der Waals surface area contributed by atoms with Crippen LogP contribution in [0.1, 0.15) is 56.7 Å². The molecule has 0 bridgehead atoms. The first-order valence-corrected chi connectivity index (χ1v) is 14.2. The van der Waals surface area contributed by atoms with E-state index in [1.54, 1.807) is 6.92 Å². The predicted molar refractivity (Wildman–Crippen MR) is 153 cm³/mol. The van der Waals surface area contributed by atoms with Crippen LogP contribution in [0.4, 0.5) is 18.4 Å². The van der Waals surface area contributed by atoms with Gasteiger partial charge < -0.3 is 25.4 Å². The van der Waals surface area contributed by atoms with Crippen LogP contribution >= 0.6 is 0 Å². The first-order chi connectivity index (χ1) is 20.5. The maximum Gasteiger partial charge on any atom is 0.335 e. The number of ether oxygens (including phenoxy) is 1.